The van der Waals surface area contributed by atoms with Crippen molar-refractivity contribution in [1.82, 2.24) is 4.90 Å². The molecule has 1 heterocycles. The normalized spacial score (nSPS) is 15.2. The number of phenolic OH excluding ortho intramolecular Hbond substituents is 1. The molecular weight excluding hydrogens is 548 g/mol. The zero-order valence-electron chi connectivity index (χ0n) is 20.7. The van der Waals surface area contributed by atoms with Crippen LogP contribution in [0.1, 0.15) is 55.9 Å². The highest BCUT2D eigenvalue weighted by molar-refractivity contribution is 6.33. The second kappa shape index (κ2) is 12.3. The van der Waals surface area contributed by atoms with Gasteiger partial charge in [0.05, 0.1) is 5.02 Å². The van der Waals surface area contributed by atoms with Crippen LogP contribution < -0.4 is 4.74 Å². The zero-order chi connectivity index (χ0) is 28.2. The van der Waals surface area contributed by atoms with Crippen LogP contribution in [0.2, 0.25) is 10.0 Å². The van der Waals surface area contributed by atoms with Crippen LogP contribution in [-0.4, -0.2) is 53.0 Å². The van der Waals surface area contributed by atoms with Gasteiger partial charge in [-0.25, -0.2) is 4.79 Å². The molecule has 1 unspecified atom stereocenters. The van der Waals surface area contributed by atoms with Crippen LogP contribution in [0.5, 0.6) is 11.5 Å². The summed E-state index contributed by atoms with van der Waals surface area (Å²) in [7, 11) is 0. The maximum atomic E-state index is 13.3. The number of nitrogens with one attached hydrogen (secondary N) is 1. The van der Waals surface area contributed by atoms with E-state index in [4.69, 9.17) is 38.1 Å². The highest BCUT2D eigenvalue weighted by atomic mass is 35.5. The number of carbonyl (C=O) groups is 2. The van der Waals surface area contributed by atoms with Gasteiger partial charge in [0.25, 0.3) is 5.91 Å². The number of hydrogen-bond acceptors (Lipinski definition) is 6. The topological polar surface area (TPSA) is 99.9 Å². The Labute approximate surface area is 227 Å². The minimum absolute atomic E-state index is 0.0338. The van der Waals surface area contributed by atoms with Crippen molar-refractivity contribution in [1.29, 1.82) is 5.41 Å². The first-order valence-electron chi connectivity index (χ1n) is 12.0. The number of nitrogens with zero attached hydrogens (tertiary/aromatic N) is 1. The van der Waals surface area contributed by atoms with Crippen molar-refractivity contribution in [2.75, 3.05) is 13.1 Å². The molecule has 0 bridgehead atoms. The summed E-state index contributed by atoms with van der Waals surface area (Å²) in [4.78, 5) is 27.6. The fourth-order valence-corrected chi connectivity index (χ4v) is 4.51. The number of rotatable bonds is 9. The molecule has 0 saturated carbocycles. The van der Waals surface area contributed by atoms with Crippen molar-refractivity contribution in [3.63, 3.8) is 0 Å². The fraction of sp³-hybridized carbons (Fsp3) is 0.423. The van der Waals surface area contributed by atoms with E-state index in [2.05, 4.69) is 0 Å². The summed E-state index contributed by atoms with van der Waals surface area (Å²) in [6.07, 6.45) is -5.53. The third-order valence-corrected chi connectivity index (χ3v) is 6.57. The standard InChI is InChI=1S/C26H27Cl2F3N2O5/c1-3-6-17-20(34)18(23(32)26(29,30)31)13-19(28)22(17)38-21(15-7-9-16(27)10-8-15)25(36)37-14(2)24(35)33-11-4-5-12-33/h7-10,13-14,21,32,34H,3-6,11-12H2,1-2H3/t14-,21?/m1/s1. The first kappa shape index (κ1) is 29.6. The summed E-state index contributed by atoms with van der Waals surface area (Å²) in [5.41, 5.74) is -2.42. The quantitative estimate of drug-likeness (QED) is 0.272. The minimum atomic E-state index is -5.03. The van der Waals surface area contributed by atoms with Crippen LogP contribution >= 0.6 is 23.2 Å². The van der Waals surface area contributed by atoms with E-state index in [9.17, 15) is 27.9 Å². The maximum absolute atomic E-state index is 13.3. The molecule has 1 aliphatic heterocycles. The molecule has 3 rings (SSSR count). The Kier molecular flexibility index (Phi) is 9.54. The van der Waals surface area contributed by atoms with E-state index in [1.54, 1.807) is 11.8 Å². The zero-order valence-corrected chi connectivity index (χ0v) is 22.2. The van der Waals surface area contributed by atoms with E-state index < -0.39 is 41.4 Å². The smallest absolute Gasteiger partial charge is 0.433 e. The lowest BCUT2D eigenvalue weighted by Crippen LogP contribution is -2.39. The minimum Gasteiger partial charge on any atom is -0.507 e. The second-order valence-electron chi connectivity index (χ2n) is 8.85. The number of halogens is 5. The molecule has 2 N–H and O–H groups in total. The lowest BCUT2D eigenvalue weighted by atomic mass is 9.99. The van der Waals surface area contributed by atoms with E-state index in [-0.39, 0.29) is 34.2 Å². The van der Waals surface area contributed by atoms with Crippen LogP contribution in [0.25, 0.3) is 0 Å². The Morgan fingerprint density at radius 3 is 2.32 bits per heavy atom. The van der Waals surface area contributed by atoms with Gasteiger partial charge in [-0.3, -0.25) is 10.2 Å². The predicted octanol–water partition coefficient (Wildman–Crippen LogP) is 6.26. The molecule has 0 spiro atoms. The molecule has 206 valence electrons. The third kappa shape index (κ3) is 6.71. The molecule has 0 aliphatic carbocycles. The summed E-state index contributed by atoms with van der Waals surface area (Å²) in [5, 5.41) is 18.2. The van der Waals surface area contributed by atoms with Gasteiger partial charge in [0.2, 0.25) is 6.10 Å². The van der Waals surface area contributed by atoms with Gasteiger partial charge in [0.15, 0.2) is 6.10 Å². The van der Waals surface area contributed by atoms with Gasteiger partial charge in [0.1, 0.15) is 17.2 Å². The van der Waals surface area contributed by atoms with Gasteiger partial charge in [-0.15, -0.1) is 0 Å². The molecule has 0 radical (unpaired) electrons. The summed E-state index contributed by atoms with van der Waals surface area (Å²) in [6, 6.07) is 6.74. The van der Waals surface area contributed by atoms with E-state index in [1.165, 1.54) is 31.2 Å². The lowest BCUT2D eigenvalue weighted by Gasteiger charge is -2.25. The molecule has 2 aromatic rings. The number of benzene rings is 2. The lowest BCUT2D eigenvalue weighted by molar-refractivity contribution is -0.164. The van der Waals surface area contributed by atoms with Crippen LogP contribution in [0.15, 0.2) is 30.3 Å². The van der Waals surface area contributed by atoms with Gasteiger partial charge >= 0.3 is 12.1 Å². The Morgan fingerprint density at radius 1 is 1.16 bits per heavy atom. The summed E-state index contributed by atoms with van der Waals surface area (Å²) in [5.74, 6) is -2.37. The number of ether oxygens (including phenoxy) is 2. The van der Waals surface area contributed by atoms with E-state index in [0.29, 0.717) is 24.5 Å². The highest BCUT2D eigenvalue weighted by Crippen LogP contribution is 2.43. The average Bonchev–Trinajstić information content (AvgIpc) is 3.40. The van der Waals surface area contributed by atoms with Gasteiger partial charge in [-0.1, -0.05) is 48.7 Å². The van der Waals surface area contributed by atoms with Crippen molar-refractivity contribution in [2.24, 2.45) is 0 Å². The van der Waals surface area contributed by atoms with Crippen LogP contribution in [0.3, 0.4) is 0 Å². The van der Waals surface area contributed by atoms with Crippen molar-refractivity contribution < 1.29 is 37.3 Å². The molecule has 1 fully saturated rings. The Balaban J connectivity index is 2.01. The number of carbonyl (C=O) groups excluding carboxylic acids is 2. The van der Waals surface area contributed by atoms with Crippen molar-refractivity contribution in [3.05, 3.63) is 57.1 Å². The average molecular weight is 575 g/mol. The molecule has 1 aliphatic rings. The fourth-order valence-electron chi connectivity index (χ4n) is 4.12. The number of aromatic hydroxyl groups is 1. The number of esters is 1. The van der Waals surface area contributed by atoms with Crippen LogP contribution in [-0.2, 0) is 20.7 Å². The molecule has 38 heavy (non-hydrogen) atoms. The monoisotopic (exact) mass is 574 g/mol. The largest absolute Gasteiger partial charge is 0.507 e. The highest BCUT2D eigenvalue weighted by Gasteiger charge is 2.39. The number of hydrogen-bond donors (Lipinski definition) is 2. The van der Waals surface area contributed by atoms with Crippen molar-refractivity contribution in [3.8, 4) is 11.5 Å². The number of alkyl halides is 3. The van der Waals surface area contributed by atoms with Gasteiger partial charge in [-0.05, 0) is 44.4 Å². The van der Waals surface area contributed by atoms with Gasteiger partial charge < -0.3 is 19.5 Å². The van der Waals surface area contributed by atoms with Crippen LogP contribution in [0.4, 0.5) is 13.2 Å². The second-order valence-corrected chi connectivity index (χ2v) is 9.69. The van der Waals surface area contributed by atoms with Crippen molar-refractivity contribution in [2.45, 2.75) is 57.9 Å². The van der Waals surface area contributed by atoms with E-state index in [1.807, 2.05) is 0 Å². The molecule has 2 aromatic carbocycles. The number of amides is 1. The molecule has 7 nitrogen and oxygen atoms in total. The molecule has 1 saturated heterocycles. The van der Waals surface area contributed by atoms with Gasteiger partial charge in [0, 0.05) is 34.8 Å². The summed E-state index contributed by atoms with van der Waals surface area (Å²) < 4.78 is 51.0. The third-order valence-electron chi connectivity index (χ3n) is 6.04. The predicted molar refractivity (Wildman–Crippen MR) is 136 cm³/mol. The molecule has 2 atom stereocenters. The Morgan fingerprint density at radius 2 is 1.76 bits per heavy atom. The van der Waals surface area contributed by atoms with E-state index >= 15 is 0 Å². The molecular formula is C26H27Cl2F3N2O5. The van der Waals surface area contributed by atoms with Crippen LogP contribution in [0, 0.1) is 5.41 Å². The van der Waals surface area contributed by atoms with Gasteiger partial charge in [-0.2, -0.15) is 13.2 Å². The molecule has 12 heteroatoms. The Hall–Kier alpha value is -2.98. The molecule has 0 aromatic heterocycles. The Bertz CT molecular complexity index is 1200. The maximum Gasteiger partial charge on any atom is 0.433 e. The summed E-state index contributed by atoms with van der Waals surface area (Å²) in [6.45, 7) is 4.28. The summed E-state index contributed by atoms with van der Waals surface area (Å²) >= 11 is 12.3. The molecule has 1 amide bonds. The first-order chi connectivity index (χ1) is 17.8. The van der Waals surface area contributed by atoms with E-state index in [0.717, 1.165) is 18.9 Å². The number of phenols is 1. The van der Waals surface area contributed by atoms with Crippen molar-refractivity contribution >= 4 is 40.8 Å². The SMILES string of the molecule is CCCc1c(O)c(C(=N)C(F)(F)F)cc(Cl)c1OC(C(=O)O[C@H](C)C(=O)N1CCCC1)c1ccc(Cl)cc1. The first-order valence-corrected chi connectivity index (χ1v) is 12.7. The number of likely N-dealkylation sites (tertiary alicyclic amines) is 1.